The molecule has 0 spiro atoms. The zero-order valence-electron chi connectivity index (χ0n) is 16.4. The third-order valence-corrected chi connectivity index (χ3v) is 4.79. The molecule has 0 saturated carbocycles. The van der Waals surface area contributed by atoms with E-state index < -0.39 is 5.92 Å². The summed E-state index contributed by atoms with van der Waals surface area (Å²) >= 11 is 0. The van der Waals surface area contributed by atoms with Crippen LogP contribution >= 0.6 is 0 Å². The first-order valence-corrected chi connectivity index (χ1v) is 8.94. The van der Waals surface area contributed by atoms with Gasteiger partial charge in [0.2, 0.25) is 11.8 Å². The Morgan fingerprint density at radius 2 is 1.68 bits per heavy atom. The summed E-state index contributed by atoms with van der Waals surface area (Å²) in [5.74, 6) is 0.929. The second kappa shape index (κ2) is 8.21. The van der Waals surface area contributed by atoms with Gasteiger partial charge < -0.3 is 24.4 Å². The minimum Gasteiger partial charge on any atom is -0.495 e. The predicted molar refractivity (Wildman–Crippen MR) is 106 cm³/mol. The first kappa shape index (κ1) is 19.5. The van der Waals surface area contributed by atoms with Crippen LogP contribution in [0.15, 0.2) is 36.4 Å². The van der Waals surface area contributed by atoms with Crippen LogP contribution < -0.4 is 24.4 Å². The van der Waals surface area contributed by atoms with E-state index in [0.717, 1.165) is 5.56 Å². The number of hydrogen-bond acceptors (Lipinski definition) is 5. The van der Waals surface area contributed by atoms with Crippen LogP contribution in [0.25, 0.3) is 0 Å². The lowest BCUT2D eigenvalue weighted by Crippen LogP contribution is -2.28. The quantitative estimate of drug-likeness (QED) is 0.828. The monoisotopic (exact) mass is 384 g/mol. The zero-order valence-corrected chi connectivity index (χ0v) is 16.4. The molecule has 0 aromatic heterocycles. The number of nitrogens with one attached hydrogen (secondary N) is 1. The number of ether oxygens (including phenoxy) is 3. The highest BCUT2D eigenvalue weighted by atomic mass is 16.5. The molecule has 1 aliphatic heterocycles. The lowest BCUT2D eigenvalue weighted by molar-refractivity contribution is -0.122. The van der Waals surface area contributed by atoms with Gasteiger partial charge in [-0.3, -0.25) is 9.59 Å². The van der Waals surface area contributed by atoms with Gasteiger partial charge in [0, 0.05) is 24.7 Å². The maximum atomic E-state index is 12.7. The van der Waals surface area contributed by atoms with Gasteiger partial charge in [0.1, 0.15) is 5.75 Å². The average molecular weight is 384 g/mol. The first-order chi connectivity index (χ1) is 13.5. The van der Waals surface area contributed by atoms with E-state index in [9.17, 15) is 9.59 Å². The number of anilines is 2. The van der Waals surface area contributed by atoms with E-state index in [-0.39, 0.29) is 18.2 Å². The van der Waals surface area contributed by atoms with E-state index in [1.165, 1.54) is 0 Å². The molecule has 7 heteroatoms. The van der Waals surface area contributed by atoms with Crippen molar-refractivity contribution in [3.63, 3.8) is 0 Å². The number of carbonyl (C=O) groups excluding carboxylic acids is 2. The third-order valence-electron chi connectivity index (χ3n) is 4.79. The van der Waals surface area contributed by atoms with Crippen molar-refractivity contribution < 1.29 is 23.8 Å². The molecule has 1 atom stereocenters. The van der Waals surface area contributed by atoms with Crippen LogP contribution in [0.3, 0.4) is 0 Å². The molecule has 1 heterocycles. The van der Waals surface area contributed by atoms with Crippen molar-refractivity contribution >= 4 is 23.2 Å². The van der Waals surface area contributed by atoms with E-state index >= 15 is 0 Å². The van der Waals surface area contributed by atoms with Crippen LogP contribution in [0.4, 0.5) is 11.4 Å². The van der Waals surface area contributed by atoms with Crippen molar-refractivity contribution in [1.82, 2.24) is 0 Å². The smallest absolute Gasteiger partial charge is 0.229 e. The maximum absolute atomic E-state index is 12.7. The molecule has 0 aliphatic carbocycles. The van der Waals surface area contributed by atoms with E-state index in [2.05, 4.69) is 5.32 Å². The Labute approximate surface area is 164 Å². The minimum absolute atomic E-state index is 0.108. The summed E-state index contributed by atoms with van der Waals surface area (Å²) in [5, 5.41) is 2.89. The van der Waals surface area contributed by atoms with Gasteiger partial charge in [0.05, 0.1) is 32.9 Å². The van der Waals surface area contributed by atoms with Gasteiger partial charge in [0.25, 0.3) is 0 Å². The summed E-state index contributed by atoms with van der Waals surface area (Å²) in [6.45, 7) is 2.24. The minimum atomic E-state index is -0.453. The fourth-order valence-corrected chi connectivity index (χ4v) is 3.28. The molecule has 7 nitrogen and oxygen atoms in total. The van der Waals surface area contributed by atoms with E-state index in [1.807, 2.05) is 19.1 Å². The molecule has 1 unspecified atom stereocenters. The van der Waals surface area contributed by atoms with Crippen molar-refractivity contribution in [2.24, 2.45) is 5.92 Å². The number of hydrogen-bond donors (Lipinski definition) is 1. The topological polar surface area (TPSA) is 77.1 Å². The average Bonchev–Trinajstić information content (AvgIpc) is 3.09. The molecule has 0 radical (unpaired) electrons. The fourth-order valence-electron chi connectivity index (χ4n) is 3.28. The van der Waals surface area contributed by atoms with Crippen LogP contribution in [-0.4, -0.2) is 39.7 Å². The number of nitrogens with zero attached hydrogens (tertiary/aromatic N) is 1. The molecular weight excluding hydrogens is 360 g/mol. The SMILES string of the molecule is COc1ccc(C)cc1NC(=O)C1CC(=O)N(c2ccc(OC)c(OC)c2)C1. The molecule has 148 valence electrons. The number of benzene rings is 2. The van der Waals surface area contributed by atoms with Gasteiger partial charge >= 0.3 is 0 Å². The number of carbonyl (C=O) groups is 2. The van der Waals surface area contributed by atoms with Crippen molar-refractivity contribution in [2.45, 2.75) is 13.3 Å². The van der Waals surface area contributed by atoms with E-state index in [0.29, 0.717) is 35.2 Å². The molecule has 1 aliphatic rings. The van der Waals surface area contributed by atoms with Crippen LogP contribution in [0.5, 0.6) is 17.2 Å². The number of rotatable bonds is 6. The molecule has 1 saturated heterocycles. The Bertz CT molecular complexity index is 896. The molecule has 2 aromatic rings. The highest BCUT2D eigenvalue weighted by molar-refractivity contribution is 6.04. The lowest BCUT2D eigenvalue weighted by Gasteiger charge is -2.19. The summed E-state index contributed by atoms with van der Waals surface area (Å²) < 4.78 is 15.8. The Morgan fingerprint density at radius 3 is 2.36 bits per heavy atom. The van der Waals surface area contributed by atoms with Gasteiger partial charge in [-0.25, -0.2) is 0 Å². The van der Waals surface area contributed by atoms with Gasteiger partial charge in [-0.1, -0.05) is 6.07 Å². The second-order valence-electron chi connectivity index (χ2n) is 6.64. The third kappa shape index (κ3) is 3.88. The molecule has 2 amide bonds. The summed E-state index contributed by atoms with van der Waals surface area (Å²) in [7, 11) is 4.65. The van der Waals surface area contributed by atoms with Crippen LogP contribution in [-0.2, 0) is 9.59 Å². The molecule has 28 heavy (non-hydrogen) atoms. The Morgan fingerprint density at radius 1 is 1.00 bits per heavy atom. The molecule has 0 bridgehead atoms. The van der Waals surface area contributed by atoms with Gasteiger partial charge in [0.15, 0.2) is 11.5 Å². The van der Waals surface area contributed by atoms with Gasteiger partial charge in [-0.2, -0.15) is 0 Å². The normalized spacial score (nSPS) is 16.1. The first-order valence-electron chi connectivity index (χ1n) is 8.94. The highest BCUT2D eigenvalue weighted by Crippen LogP contribution is 2.34. The van der Waals surface area contributed by atoms with Crippen molar-refractivity contribution in [3.8, 4) is 17.2 Å². The van der Waals surface area contributed by atoms with Crippen molar-refractivity contribution in [2.75, 3.05) is 38.1 Å². The summed E-state index contributed by atoms with van der Waals surface area (Å²) in [5.41, 5.74) is 2.28. The van der Waals surface area contributed by atoms with Crippen LogP contribution in [0, 0.1) is 12.8 Å². The summed E-state index contributed by atoms with van der Waals surface area (Å²) in [6.07, 6.45) is 0.147. The summed E-state index contributed by atoms with van der Waals surface area (Å²) in [4.78, 5) is 26.9. The van der Waals surface area contributed by atoms with Crippen molar-refractivity contribution in [1.29, 1.82) is 0 Å². The number of amides is 2. The van der Waals surface area contributed by atoms with Gasteiger partial charge in [-0.15, -0.1) is 0 Å². The standard InChI is InChI=1S/C21H24N2O5/c1-13-5-7-17(26-2)16(9-13)22-21(25)14-10-20(24)23(12-14)15-6-8-18(27-3)19(11-15)28-4/h5-9,11,14H,10,12H2,1-4H3,(H,22,25). The van der Waals surface area contributed by atoms with Gasteiger partial charge in [-0.05, 0) is 36.8 Å². The molecular formula is C21H24N2O5. The van der Waals surface area contributed by atoms with Crippen LogP contribution in [0.1, 0.15) is 12.0 Å². The Kier molecular flexibility index (Phi) is 5.73. The Balaban J connectivity index is 1.76. The van der Waals surface area contributed by atoms with E-state index in [4.69, 9.17) is 14.2 Å². The van der Waals surface area contributed by atoms with E-state index in [1.54, 1.807) is 50.5 Å². The maximum Gasteiger partial charge on any atom is 0.229 e. The van der Waals surface area contributed by atoms with Crippen molar-refractivity contribution in [3.05, 3.63) is 42.0 Å². The number of aryl methyl sites for hydroxylation is 1. The Hall–Kier alpha value is -3.22. The zero-order chi connectivity index (χ0) is 20.3. The molecule has 2 aromatic carbocycles. The highest BCUT2D eigenvalue weighted by Gasteiger charge is 2.35. The summed E-state index contributed by atoms with van der Waals surface area (Å²) in [6, 6.07) is 10.8. The molecule has 3 rings (SSSR count). The largest absolute Gasteiger partial charge is 0.495 e. The second-order valence-corrected chi connectivity index (χ2v) is 6.64. The number of methoxy groups -OCH3 is 3. The van der Waals surface area contributed by atoms with Crippen LogP contribution in [0.2, 0.25) is 0 Å². The predicted octanol–water partition coefficient (Wildman–Crippen LogP) is 3.01. The lowest BCUT2D eigenvalue weighted by atomic mass is 10.1. The fraction of sp³-hybridized carbons (Fsp3) is 0.333. The molecule has 1 N–H and O–H groups in total. The molecule has 1 fully saturated rings.